The molecule has 1 aromatic carbocycles. The summed E-state index contributed by atoms with van der Waals surface area (Å²) in [5, 5.41) is 0. The molecule has 7 heteroatoms. The highest BCUT2D eigenvalue weighted by Crippen LogP contribution is 2.08. The lowest BCUT2D eigenvalue weighted by molar-refractivity contribution is -0.145. The average molecular weight is 345 g/mol. The zero-order chi connectivity index (χ0) is 17.9. The molecule has 132 valence electrons. The fraction of sp³-hybridized carbons (Fsp3) is 0.562. The van der Waals surface area contributed by atoms with Crippen LogP contribution in [0.4, 0.5) is 0 Å². The van der Waals surface area contributed by atoms with Crippen molar-refractivity contribution in [1.29, 1.82) is 0 Å². The van der Waals surface area contributed by atoms with Crippen LogP contribution in [0.1, 0.15) is 45.1 Å². The minimum Gasteiger partial charge on any atom is -0.465 e. The van der Waals surface area contributed by atoms with Crippen LogP contribution < -0.4 is 5.73 Å². The Hall–Kier alpha value is -1.44. The summed E-state index contributed by atoms with van der Waals surface area (Å²) in [7, 11) is -4.02. The first-order valence-corrected chi connectivity index (χ1v) is 9.12. The van der Waals surface area contributed by atoms with Crippen molar-refractivity contribution in [2.45, 2.75) is 57.4 Å². The number of hydrogen-bond acceptors (Lipinski definition) is 5. The van der Waals surface area contributed by atoms with Crippen LogP contribution in [-0.4, -0.2) is 31.6 Å². The van der Waals surface area contributed by atoms with Gasteiger partial charge in [-0.05, 0) is 31.9 Å². The number of aryl methyl sites for hydroxylation is 1. The van der Waals surface area contributed by atoms with E-state index < -0.39 is 16.2 Å². The second-order valence-corrected chi connectivity index (χ2v) is 6.63. The number of hydrogen-bond donors (Lipinski definition) is 2. The largest absolute Gasteiger partial charge is 0.465 e. The van der Waals surface area contributed by atoms with Gasteiger partial charge in [-0.3, -0.25) is 9.35 Å². The van der Waals surface area contributed by atoms with Gasteiger partial charge in [-0.25, -0.2) is 0 Å². The Balaban J connectivity index is 0.000000422. The first kappa shape index (κ1) is 21.6. The number of carbonyl (C=O) groups excluding carboxylic acids is 1. The second-order valence-electron chi connectivity index (χ2n) is 5.20. The van der Waals surface area contributed by atoms with Gasteiger partial charge in [-0.15, -0.1) is 0 Å². The number of unbranched alkanes of at least 4 members (excludes halogenated alkanes) is 1. The van der Waals surface area contributed by atoms with Gasteiger partial charge in [-0.2, -0.15) is 8.42 Å². The van der Waals surface area contributed by atoms with Crippen molar-refractivity contribution in [3.05, 3.63) is 29.8 Å². The van der Waals surface area contributed by atoms with Crippen LogP contribution in [-0.2, 0) is 19.6 Å². The first-order chi connectivity index (χ1) is 10.7. The fourth-order valence-corrected chi connectivity index (χ4v) is 2.04. The third kappa shape index (κ3) is 10.0. The topological polar surface area (TPSA) is 107 Å². The van der Waals surface area contributed by atoms with E-state index in [1.165, 1.54) is 12.1 Å². The van der Waals surface area contributed by atoms with E-state index in [4.69, 9.17) is 15.0 Å². The zero-order valence-electron chi connectivity index (χ0n) is 14.0. The highest BCUT2D eigenvalue weighted by Gasteiger charge is 2.12. The molecule has 0 saturated carbocycles. The van der Waals surface area contributed by atoms with Gasteiger partial charge in [0.15, 0.2) is 0 Å². The van der Waals surface area contributed by atoms with Gasteiger partial charge in [0.2, 0.25) is 0 Å². The Morgan fingerprint density at radius 3 is 2.22 bits per heavy atom. The molecule has 23 heavy (non-hydrogen) atoms. The van der Waals surface area contributed by atoms with Crippen molar-refractivity contribution in [3.8, 4) is 0 Å². The number of nitrogens with two attached hydrogens (primary N) is 1. The van der Waals surface area contributed by atoms with E-state index in [2.05, 4.69) is 6.92 Å². The average Bonchev–Trinajstić information content (AvgIpc) is 2.48. The Morgan fingerprint density at radius 2 is 1.78 bits per heavy atom. The molecule has 3 N–H and O–H groups in total. The van der Waals surface area contributed by atoms with Crippen LogP contribution in [0.15, 0.2) is 29.2 Å². The predicted molar refractivity (Wildman–Crippen MR) is 89.7 cm³/mol. The van der Waals surface area contributed by atoms with Crippen LogP contribution in [0.3, 0.4) is 0 Å². The van der Waals surface area contributed by atoms with Gasteiger partial charge in [0.05, 0.1) is 11.5 Å². The number of esters is 1. The summed E-state index contributed by atoms with van der Waals surface area (Å²) in [5.41, 5.74) is 6.49. The fourth-order valence-electron chi connectivity index (χ4n) is 1.56. The lowest BCUT2D eigenvalue weighted by Crippen LogP contribution is -2.32. The first-order valence-electron chi connectivity index (χ1n) is 7.68. The number of ether oxygens (including phenoxy) is 1. The third-order valence-corrected chi connectivity index (χ3v) is 3.83. The number of benzene rings is 1. The van der Waals surface area contributed by atoms with Gasteiger partial charge < -0.3 is 10.5 Å². The molecule has 1 rings (SSSR count). The van der Waals surface area contributed by atoms with Crippen LogP contribution in [0.25, 0.3) is 0 Å². The number of carbonyl (C=O) groups is 1. The van der Waals surface area contributed by atoms with E-state index in [0.717, 1.165) is 24.8 Å². The zero-order valence-corrected chi connectivity index (χ0v) is 14.8. The van der Waals surface area contributed by atoms with Gasteiger partial charge in [-0.1, -0.05) is 44.4 Å². The molecule has 0 aliphatic carbocycles. The summed E-state index contributed by atoms with van der Waals surface area (Å²) >= 11 is 0. The maximum atomic E-state index is 11.1. The van der Waals surface area contributed by atoms with Crippen LogP contribution >= 0.6 is 0 Å². The lowest BCUT2D eigenvalue weighted by atomic mass is 10.2. The summed E-state index contributed by atoms with van der Waals surface area (Å²) in [4.78, 5) is 11.0. The van der Waals surface area contributed by atoms with Crippen molar-refractivity contribution >= 4 is 16.1 Å². The van der Waals surface area contributed by atoms with Crippen LogP contribution in [0.2, 0.25) is 0 Å². The van der Waals surface area contributed by atoms with Crippen LogP contribution in [0, 0.1) is 6.92 Å². The highest BCUT2D eigenvalue weighted by atomic mass is 32.2. The van der Waals surface area contributed by atoms with E-state index in [1.54, 1.807) is 12.1 Å². The minimum atomic E-state index is -4.02. The Labute approximate surface area is 138 Å². The maximum Gasteiger partial charge on any atom is 0.322 e. The second kappa shape index (κ2) is 11.2. The third-order valence-electron chi connectivity index (χ3n) is 2.96. The van der Waals surface area contributed by atoms with Crippen LogP contribution in [0.5, 0.6) is 0 Å². The molecule has 1 unspecified atom stereocenters. The molecule has 0 aliphatic heterocycles. The molecule has 0 fully saturated rings. The van der Waals surface area contributed by atoms with Crippen molar-refractivity contribution in [3.63, 3.8) is 0 Å². The summed E-state index contributed by atoms with van der Waals surface area (Å²) in [6, 6.07) is 5.56. The molecule has 0 spiro atoms. The molecule has 0 radical (unpaired) electrons. The molecule has 0 saturated heterocycles. The molecular formula is C16H27NO5S. The number of rotatable bonds is 7. The van der Waals surface area contributed by atoms with E-state index in [-0.39, 0.29) is 10.9 Å². The van der Waals surface area contributed by atoms with Crippen molar-refractivity contribution in [2.24, 2.45) is 5.73 Å². The van der Waals surface area contributed by atoms with Gasteiger partial charge in [0.1, 0.15) is 6.04 Å². The molecule has 0 bridgehead atoms. The Kier molecular flexibility index (Phi) is 10.5. The SMILES string of the molecule is CCCCOC(=O)C(N)CCC.Cc1ccc(S(=O)(=O)O)cc1. The van der Waals surface area contributed by atoms with E-state index >= 15 is 0 Å². The van der Waals surface area contributed by atoms with Gasteiger partial charge in [0, 0.05) is 0 Å². The quantitative estimate of drug-likeness (QED) is 0.447. The van der Waals surface area contributed by atoms with E-state index in [1.807, 2.05) is 13.8 Å². The van der Waals surface area contributed by atoms with E-state index in [9.17, 15) is 13.2 Å². The summed E-state index contributed by atoms with van der Waals surface area (Å²) in [6.07, 6.45) is 3.59. The molecule has 0 aromatic heterocycles. The van der Waals surface area contributed by atoms with Gasteiger partial charge in [0.25, 0.3) is 10.1 Å². The van der Waals surface area contributed by atoms with Crippen molar-refractivity contribution < 1.29 is 22.5 Å². The molecule has 0 heterocycles. The lowest BCUT2D eigenvalue weighted by Gasteiger charge is -2.09. The standard InChI is InChI=1S/C9H19NO2.C7H8O3S/c1-3-5-7-12-9(11)8(10)6-4-2;1-6-2-4-7(5-3-6)11(8,9)10/h8H,3-7,10H2,1-2H3;2-5H,1H3,(H,8,9,10). The summed E-state index contributed by atoms with van der Waals surface area (Å²) < 4.78 is 34.5. The Bertz CT molecular complexity index is 554. The summed E-state index contributed by atoms with van der Waals surface area (Å²) in [6.45, 7) is 6.40. The van der Waals surface area contributed by atoms with Crippen molar-refractivity contribution in [2.75, 3.05) is 6.61 Å². The van der Waals surface area contributed by atoms with Gasteiger partial charge >= 0.3 is 5.97 Å². The smallest absolute Gasteiger partial charge is 0.322 e. The monoisotopic (exact) mass is 345 g/mol. The molecular weight excluding hydrogens is 318 g/mol. The maximum absolute atomic E-state index is 11.1. The summed E-state index contributed by atoms with van der Waals surface area (Å²) in [5.74, 6) is -0.259. The Morgan fingerprint density at radius 1 is 1.22 bits per heavy atom. The van der Waals surface area contributed by atoms with E-state index in [0.29, 0.717) is 13.0 Å². The molecule has 1 aromatic rings. The predicted octanol–water partition coefficient (Wildman–Crippen LogP) is 2.70. The molecule has 0 amide bonds. The highest BCUT2D eigenvalue weighted by molar-refractivity contribution is 7.85. The molecule has 0 aliphatic rings. The minimum absolute atomic E-state index is 0.0666. The molecule has 6 nitrogen and oxygen atoms in total. The molecule has 1 atom stereocenters. The van der Waals surface area contributed by atoms with Crippen molar-refractivity contribution in [1.82, 2.24) is 0 Å². The normalized spacial score (nSPS) is 12.0.